The van der Waals surface area contributed by atoms with Crippen molar-refractivity contribution in [3.63, 3.8) is 0 Å². The Morgan fingerprint density at radius 1 is 1.26 bits per heavy atom. The smallest absolute Gasteiger partial charge is 0.160 e. The van der Waals surface area contributed by atoms with Crippen LogP contribution in [0.15, 0.2) is 36.9 Å². The van der Waals surface area contributed by atoms with Crippen LogP contribution in [0.1, 0.15) is 24.5 Å². The molecule has 122 valence electrons. The third kappa shape index (κ3) is 3.12. The van der Waals surface area contributed by atoms with Gasteiger partial charge in [0, 0.05) is 17.0 Å². The van der Waals surface area contributed by atoms with Crippen LogP contribution in [-0.2, 0) is 20.8 Å². The summed E-state index contributed by atoms with van der Waals surface area (Å²) < 4.78 is 19.3. The van der Waals surface area contributed by atoms with Crippen molar-refractivity contribution >= 4 is 11.6 Å². The van der Waals surface area contributed by atoms with Crippen molar-refractivity contribution in [3.8, 4) is 0 Å². The number of rotatable bonds is 5. The molecule has 2 saturated heterocycles. The van der Waals surface area contributed by atoms with Gasteiger partial charge in [-0.3, -0.25) is 0 Å². The average Bonchev–Trinajstić information content (AvgIpc) is 3.00. The third-order valence-electron chi connectivity index (χ3n) is 4.27. The first-order valence-corrected chi connectivity index (χ1v) is 8.12. The zero-order chi connectivity index (χ0) is 15.7. The lowest BCUT2D eigenvalue weighted by Gasteiger charge is -2.26. The first kappa shape index (κ1) is 15.1. The predicted octanol–water partition coefficient (Wildman–Crippen LogP) is 2.59. The first-order chi connectivity index (χ1) is 11.3. The van der Waals surface area contributed by atoms with Gasteiger partial charge in [0.25, 0.3) is 0 Å². The number of hydrogen-bond acceptors (Lipinski definition) is 5. The van der Waals surface area contributed by atoms with Crippen molar-refractivity contribution < 1.29 is 14.2 Å². The summed E-state index contributed by atoms with van der Waals surface area (Å²) in [5.41, 5.74) is 0.561. The lowest BCUT2D eigenvalue weighted by Crippen LogP contribution is -2.33. The van der Waals surface area contributed by atoms with Gasteiger partial charge in [0.1, 0.15) is 24.4 Å². The molecule has 4 rings (SSSR count). The summed E-state index contributed by atoms with van der Waals surface area (Å²) in [5.74, 6) is 0. The predicted molar refractivity (Wildman–Crippen MR) is 83.0 cm³/mol. The van der Waals surface area contributed by atoms with Crippen molar-refractivity contribution in [2.24, 2.45) is 0 Å². The Morgan fingerprint density at radius 3 is 2.83 bits per heavy atom. The Kier molecular flexibility index (Phi) is 4.07. The van der Waals surface area contributed by atoms with Crippen molar-refractivity contribution in [1.29, 1.82) is 0 Å². The molecule has 2 unspecified atom stereocenters. The fourth-order valence-electron chi connectivity index (χ4n) is 3.10. The van der Waals surface area contributed by atoms with E-state index in [-0.39, 0.29) is 12.4 Å². The maximum Gasteiger partial charge on any atom is 0.160 e. The Bertz CT molecular complexity index is 660. The lowest BCUT2D eigenvalue weighted by molar-refractivity contribution is -0.188. The zero-order valence-corrected chi connectivity index (χ0v) is 13.4. The van der Waals surface area contributed by atoms with Gasteiger partial charge in [-0.1, -0.05) is 29.8 Å². The maximum atomic E-state index is 6.33. The molecule has 2 fully saturated rings. The van der Waals surface area contributed by atoms with Gasteiger partial charge in [-0.25, -0.2) is 9.67 Å². The summed E-state index contributed by atoms with van der Waals surface area (Å²) in [4.78, 5) is 4.00. The molecule has 23 heavy (non-hydrogen) atoms. The van der Waals surface area contributed by atoms with E-state index in [2.05, 4.69) is 10.1 Å². The van der Waals surface area contributed by atoms with Crippen LogP contribution in [0.2, 0.25) is 5.02 Å². The van der Waals surface area contributed by atoms with Gasteiger partial charge in [-0.05, 0) is 12.5 Å². The van der Waals surface area contributed by atoms with E-state index < -0.39 is 5.60 Å². The van der Waals surface area contributed by atoms with Crippen LogP contribution >= 0.6 is 11.6 Å². The van der Waals surface area contributed by atoms with Gasteiger partial charge in [-0.15, -0.1) is 0 Å². The van der Waals surface area contributed by atoms with Crippen LogP contribution in [0.4, 0.5) is 0 Å². The Hall–Kier alpha value is -1.47. The number of halogens is 1. The van der Waals surface area contributed by atoms with E-state index in [1.165, 1.54) is 6.33 Å². The highest BCUT2D eigenvalue weighted by Gasteiger charge is 2.59. The quantitative estimate of drug-likeness (QED) is 0.786. The molecule has 2 aliphatic rings. The minimum absolute atomic E-state index is 0.0884. The highest BCUT2D eigenvalue weighted by atomic mass is 35.5. The number of ether oxygens (including phenoxy) is 3. The first-order valence-electron chi connectivity index (χ1n) is 7.75. The largest absolute Gasteiger partial charge is 0.359 e. The van der Waals surface area contributed by atoms with Crippen molar-refractivity contribution in [1.82, 2.24) is 14.8 Å². The molecule has 0 saturated carbocycles. The van der Waals surface area contributed by atoms with Gasteiger partial charge < -0.3 is 14.2 Å². The van der Waals surface area contributed by atoms with Gasteiger partial charge in [0.05, 0.1) is 19.8 Å². The second kappa shape index (κ2) is 6.20. The topological polar surface area (TPSA) is 61.7 Å². The molecule has 2 aromatic rings. The average molecular weight is 336 g/mol. The molecule has 2 aliphatic heterocycles. The monoisotopic (exact) mass is 335 g/mol. The molecule has 0 N–H and O–H groups in total. The second-order valence-corrected chi connectivity index (χ2v) is 6.31. The fourth-order valence-corrected chi connectivity index (χ4v) is 3.34. The van der Waals surface area contributed by atoms with Crippen LogP contribution in [-0.4, -0.2) is 39.9 Å². The lowest BCUT2D eigenvalue weighted by atomic mass is 9.95. The summed E-state index contributed by atoms with van der Waals surface area (Å²) in [5, 5.41) is 4.91. The standard InChI is InChI=1S/C16H18ClN3O3/c17-13-5-2-1-4-12(13)15-16(23-15,9-20-11-18-10-19-20)8-14-21-6-3-7-22-14/h1-2,4-5,10-11,14-15H,3,6-9H2. The maximum absolute atomic E-state index is 6.33. The van der Waals surface area contributed by atoms with E-state index in [1.807, 2.05) is 24.3 Å². The van der Waals surface area contributed by atoms with E-state index in [9.17, 15) is 0 Å². The van der Waals surface area contributed by atoms with Gasteiger partial charge in [0.15, 0.2) is 6.29 Å². The third-order valence-corrected chi connectivity index (χ3v) is 4.61. The van der Waals surface area contributed by atoms with Crippen LogP contribution in [0.25, 0.3) is 0 Å². The molecule has 3 heterocycles. The number of hydrogen-bond donors (Lipinski definition) is 0. The van der Waals surface area contributed by atoms with Crippen molar-refractivity contribution in [2.45, 2.75) is 37.4 Å². The van der Waals surface area contributed by atoms with Crippen molar-refractivity contribution in [3.05, 3.63) is 47.5 Å². The van der Waals surface area contributed by atoms with E-state index in [0.29, 0.717) is 18.0 Å². The Labute approximate surface area is 139 Å². The number of aromatic nitrogens is 3. The highest BCUT2D eigenvalue weighted by Crippen LogP contribution is 2.55. The van der Waals surface area contributed by atoms with Crippen LogP contribution < -0.4 is 0 Å². The molecule has 7 heteroatoms. The van der Waals surface area contributed by atoms with Crippen molar-refractivity contribution in [2.75, 3.05) is 13.2 Å². The highest BCUT2D eigenvalue weighted by molar-refractivity contribution is 6.31. The Balaban J connectivity index is 1.56. The molecule has 0 bridgehead atoms. The summed E-state index contributed by atoms with van der Waals surface area (Å²) >= 11 is 6.33. The molecular formula is C16H18ClN3O3. The number of nitrogens with zero attached hydrogens (tertiary/aromatic N) is 3. The van der Waals surface area contributed by atoms with E-state index in [1.54, 1.807) is 11.0 Å². The molecule has 1 aromatic carbocycles. The minimum Gasteiger partial charge on any atom is -0.359 e. The molecule has 0 radical (unpaired) electrons. The molecule has 0 aliphatic carbocycles. The number of benzene rings is 1. The summed E-state index contributed by atoms with van der Waals surface area (Å²) in [6.45, 7) is 2.04. The second-order valence-electron chi connectivity index (χ2n) is 5.91. The minimum atomic E-state index is -0.430. The summed E-state index contributed by atoms with van der Waals surface area (Å²) in [7, 11) is 0. The van der Waals surface area contributed by atoms with Crippen LogP contribution in [0, 0.1) is 0 Å². The molecule has 2 atom stereocenters. The summed E-state index contributed by atoms with van der Waals surface area (Å²) in [6, 6.07) is 7.77. The van der Waals surface area contributed by atoms with Crippen LogP contribution in [0.3, 0.4) is 0 Å². The molecule has 1 aromatic heterocycles. The van der Waals surface area contributed by atoms with E-state index >= 15 is 0 Å². The van der Waals surface area contributed by atoms with Crippen LogP contribution in [0.5, 0.6) is 0 Å². The van der Waals surface area contributed by atoms with Gasteiger partial charge in [-0.2, -0.15) is 5.10 Å². The molecular weight excluding hydrogens is 318 g/mol. The zero-order valence-electron chi connectivity index (χ0n) is 12.6. The number of epoxide rings is 1. The molecule has 6 nitrogen and oxygen atoms in total. The summed E-state index contributed by atoms with van der Waals surface area (Å²) in [6.07, 6.45) is 4.45. The van der Waals surface area contributed by atoms with E-state index in [0.717, 1.165) is 25.2 Å². The fraction of sp³-hybridized carbons (Fsp3) is 0.500. The normalized spacial score (nSPS) is 28.0. The SMILES string of the molecule is Clc1ccccc1C1OC1(CC1OCCCO1)Cn1cncn1. The molecule has 0 amide bonds. The Morgan fingerprint density at radius 2 is 2.09 bits per heavy atom. The van der Waals surface area contributed by atoms with E-state index in [4.69, 9.17) is 25.8 Å². The van der Waals surface area contributed by atoms with Gasteiger partial charge in [0.2, 0.25) is 0 Å². The van der Waals surface area contributed by atoms with Gasteiger partial charge >= 0.3 is 0 Å². The molecule has 0 spiro atoms.